The molecule has 1 saturated heterocycles. The van der Waals surface area contributed by atoms with Crippen molar-refractivity contribution in [3.8, 4) is 0 Å². The lowest BCUT2D eigenvalue weighted by molar-refractivity contribution is 0.122. The monoisotopic (exact) mass is 203 g/mol. The van der Waals surface area contributed by atoms with E-state index in [2.05, 4.69) is 15.1 Å². The van der Waals surface area contributed by atoms with Gasteiger partial charge in [-0.2, -0.15) is 0 Å². The number of ether oxygens (including phenoxy) is 1. The van der Waals surface area contributed by atoms with Crippen LogP contribution in [0.1, 0.15) is 0 Å². The zero-order valence-corrected chi connectivity index (χ0v) is 8.08. The minimum absolute atomic E-state index is 0.733. The fourth-order valence-electron chi connectivity index (χ4n) is 1.11. The fourth-order valence-corrected chi connectivity index (χ4v) is 2.04. The SMILES string of the molecule is S=c1[nH]nc(N2CCOCC2)s1. The molecule has 0 aliphatic carbocycles. The molecule has 0 bridgehead atoms. The van der Waals surface area contributed by atoms with Crippen molar-refractivity contribution in [2.45, 2.75) is 0 Å². The molecule has 1 aliphatic rings. The van der Waals surface area contributed by atoms with Gasteiger partial charge in [0.25, 0.3) is 0 Å². The Morgan fingerprint density at radius 3 is 2.83 bits per heavy atom. The molecule has 0 unspecified atom stereocenters. The van der Waals surface area contributed by atoms with Gasteiger partial charge in [-0.05, 0) is 12.2 Å². The second-order valence-electron chi connectivity index (χ2n) is 2.50. The highest BCUT2D eigenvalue weighted by atomic mass is 32.1. The zero-order chi connectivity index (χ0) is 8.39. The number of rotatable bonds is 1. The van der Waals surface area contributed by atoms with Crippen LogP contribution in [-0.2, 0) is 4.74 Å². The second-order valence-corrected chi connectivity index (χ2v) is 4.14. The van der Waals surface area contributed by atoms with Gasteiger partial charge in [0.2, 0.25) is 5.13 Å². The Morgan fingerprint density at radius 2 is 2.25 bits per heavy atom. The molecule has 1 aromatic rings. The molecule has 2 heterocycles. The van der Waals surface area contributed by atoms with Crippen LogP contribution in [0.15, 0.2) is 0 Å². The molecule has 1 aliphatic heterocycles. The quantitative estimate of drug-likeness (QED) is 0.692. The summed E-state index contributed by atoms with van der Waals surface area (Å²) in [6.07, 6.45) is 0. The first kappa shape index (κ1) is 8.15. The molecule has 1 N–H and O–H groups in total. The van der Waals surface area contributed by atoms with Gasteiger partial charge >= 0.3 is 0 Å². The molecular weight excluding hydrogens is 194 g/mol. The highest BCUT2D eigenvalue weighted by molar-refractivity contribution is 7.73. The summed E-state index contributed by atoms with van der Waals surface area (Å²) >= 11 is 6.46. The van der Waals surface area contributed by atoms with E-state index < -0.39 is 0 Å². The topological polar surface area (TPSA) is 41.2 Å². The molecular formula is C6H9N3OS2. The molecule has 6 heteroatoms. The van der Waals surface area contributed by atoms with Crippen LogP contribution >= 0.6 is 23.6 Å². The smallest absolute Gasteiger partial charge is 0.207 e. The Bertz CT molecular complexity index is 302. The lowest BCUT2D eigenvalue weighted by Gasteiger charge is -2.25. The summed E-state index contributed by atoms with van der Waals surface area (Å²) in [5.74, 6) is 0. The summed E-state index contributed by atoms with van der Waals surface area (Å²) in [7, 11) is 0. The molecule has 0 spiro atoms. The number of morpholine rings is 1. The largest absolute Gasteiger partial charge is 0.378 e. The normalized spacial score (nSPS) is 18.2. The Hall–Kier alpha value is -0.460. The number of hydrogen-bond acceptors (Lipinski definition) is 5. The molecule has 4 nitrogen and oxygen atoms in total. The number of H-pyrrole nitrogens is 1. The van der Waals surface area contributed by atoms with Crippen LogP contribution in [0.3, 0.4) is 0 Å². The number of aromatic amines is 1. The number of aromatic nitrogens is 2. The van der Waals surface area contributed by atoms with E-state index in [4.69, 9.17) is 17.0 Å². The summed E-state index contributed by atoms with van der Waals surface area (Å²) < 4.78 is 5.96. The minimum atomic E-state index is 0.733. The predicted molar refractivity (Wildman–Crippen MR) is 50.3 cm³/mol. The maximum absolute atomic E-state index is 5.23. The molecule has 12 heavy (non-hydrogen) atoms. The van der Waals surface area contributed by atoms with E-state index in [1.54, 1.807) is 0 Å². The first-order valence-electron chi connectivity index (χ1n) is 3.74. The van der Waals surface area contributed by atoms with Crippen molar-refractivity contribution in [1.29, 1.82) is 0 Å². The van der Waals surface area contributed by atoms with E-state index in [9.17, 15) is 0 Å². The van der Waals surface area contributed by atoms with Gasteiger partial charge < -0.3 is 9.64 Å². The van der Waals surface area contributed by atoms with Crippen molar-refractivity contribution in [3.05, 3.63) is 3.95 Å². The van der Waals surface area contributed by atoms with Crippen LogP contribution in [0.2, 0.25) is 0 Å². The van der Waals surface area contributed by atoms with Gasteiger partial charge in [0.05, 0.1) is 13.2 Å². The highest BCUT2D eigenvalue weighted by Gasteiger charge is 2.13. The van der Waals surface area contributed by atoms with E-state index in [1.165, 1.54) is 11.3 Å². The molecule has 0 atom stereocenters. The van der Waals surface area contributed by atoms with Crippen LogP contribution in [0.4, 0.5) is 5.13 Å². The van der Waals surface area contributed by atoms with Crippen molar-refractivity contribution in [2.24, 2.45) is 0 Å². The van der Waals surface area contributed by atoms with Crippen LogP contribution < -0.4 is 4.90 Å². The van der Waals surface area contributed by atoms with E-state index in [0.29, 0.717) is 0 Å². The Labute approximate surface area is 79.2 Å². The van der Waals surface area contributed by atoms with Gasteiger partial charge in [0, 0.05) is 13.1 Å². The van der Waals surface area contributed by atoms with E-state index in [-0.39, 0.29) is 0 Å². The van der Waals surface area contributed by atoms with Gasteiger partial charge in [-0.3, -0.25) is 5.10 Å². The van der Waals surface area contributed by atoms with Crippen molar-refractivity contribution in [2.75, 3.05) is 31.2 Å². The average molecular weight is 203 g/mol. The number of hydrogen-bond donors (Lipinski definition) is 1. The molecule has 1 aromatic heterocycles. The average Bonchev–Trinajstić information content (AvgIpc) is 2.54. The standard InChI is InChI=1S/C6H9N3OS2/c11-6-8-7-5(12-6)9-1-3-10-4-2-9/h1-4H2,(H,8,11). The molecule has 0 radical (unpaired) electrons. The number of anilines is 1. The van der Waals surface area contributed by atoms with Gasteiger partial charge in [0.15, 0.2) is 3.95 Å². The lowest BCUT2D eigenvalue weighted by atomic mass is 10.5. The maximum Gasteiger partial charge on any atom is 0.207 e. The van der Waals surface area contributed by atoms with Crippen molar-refractivity contribution in [3.63, 3.8) is 0 Å². The van der Waals surface area contributed by atoms with Gasteiger partial charge in [-0.1, -0.05) is 11.3 Å². The lowest BCUT2D eigenvalue weighted by Crippen LogP contribution is -2.36. The summed E-state index contributed by atoms with van der Waals surface area (Å²) in [5, 5.41) is 7.84. The first-order chi connectivity index (χ1) is 5.86. The molecule has 0 aromatic carbocycles. The number of nitrogens with one attached hydrogen (secondary N) is 1. The predicted octanol–water partition coefficient (Wildman–Crippen LogP) is 1.04. The van der Waals surface area contributed by atoms with Gasteiger partial charge in [0.1, 0.15) is 0 Å². The van der Waals surface area contributed by atoms with Crippen LogP contribution in [0.5, 0.6) is 0 Å². The Balaban J connectivity index is 2.13. The Kier molecular flexibility index (Phi) is 2.38. The molecule has 1 fully saturated rings. The van der Waals surface area contributed by atoms with Crippen LogP contribution in [-0.4, -0.2) is 36.5 Å². The summed E-state index contributed by atoms with van der Waals surface area (Å²) in [6, 6.07) is 0. The summed E-state index contributed by atoms with van der Waals surface area (Å²) in [6.45, 7) is 3.39. The van der Waals surface area contributed by atoms with Crippen molar-refractivity contribution < 1.29 is 4.74 Å². The molecule has 66 valence electrons. The second kappa shape index (κ2) is 3.51. The van der Waals surface area contributed by atoms with Crippen LogP contribution in [0.25, 0.3) is 0 Å². The minimum Gasteiger partial charge on any atom is -0.378 e. The Morgan fingerprint density at radius 1 is 1.50 bits per heavy atom. The van der Waals surface area contributed by atoms with Gasteiger partial charge in [-0.25, -0.2) is 0 Å². The molecule has 2 rings (SSSR count). The fraction of sp³-hybridized carbons (Fsp3) is 0.667. The first-order valence-corrected chi connectivity index (χ1v) is 4.97. The highest BCUT2D eigenvalue weighted by Crippen LogP contribution is 2.17. The van der Waals surface area contributed by atoms with Gasteiger partial charge in [-0.15, -0.1) is 5.10 Å². The van der Waals surface area contributed by atoms with E-state index in [0.717, 1.165) is 35.4 Å². The third-order valence-electron chi connectivity index (χ3n) is 1.71. The number of nitrogens with zero attached hydrogens (tertiary/aromatic N) is 2. The van der Waals surface area contributed by atoms with Crippen molar-refractivity contribution in [1.82, 2.24) is 10.2 Å². The van der Waals surface area contributed by atoms with Crippen molar-refractivity contribution >= 4 is 28.7 Å². The zero-order valence-electron chi connectivity index (χ0n) is 6.45. The third kappa shape index (κ3) is 1.65. The van der Waals surface area contributed by atoms with E-state index in [1.807, 2.05) is 0 Å². The van der Waals surface area contributed by atoms with Crippen LogP contribution in [0, 0.1) is 3.95 Å². The van der Waals surface area contributed by atoms with E-state index >= 15 is 0 Å². The molecule has 0 amide bonds. The molecule has 0 saturated carbocycles. The summed E-state index contributed by atoms with van der Waals surface area (Å²) in [4.78, 5) is 2.18. The third-order valence-corrected chi connectivity index (χ3v) is 2.86. The maximum atomic E-state index is 5.23. The summed E-state index contributed by atoms with van der Waals surface area (Å²) in [5.41, 5.74) is 0.